The van der Waals surface area contributed by atoms with Crippen molar-refractivity contribution in [3.05, 3.63) is 65.0 Å². The molecular weight excluding hydrogens is 347 g/mol. The van der Waals surface area contributed by atoms with Crippen molar-refractivity contribution in [1.29, 1.82) is 0 Å². The molecule has 0 aromatic heterocycles. The van der Waals surface area contributed by atoms with Crippen LogP contribution >= 0.6 is 0 Å². The lowest BCUT2D eigenvalue weighted by Crippen LogP contribution is -2.42. The fourth-order valence-corrected chi connectivity index (χ4v) is 3.09. The lowest BCUT2D eigenvalue weighted by atomic mass is 10.0. The van der Waals surface area contributed by atoms with Gasteiger partial charge in [-0.2, -0.15) is 0 Å². The monoisotopic (exact) mass is 370 g/mol. The molecule has 1 fully saturated rings. The standard InChI is InChI=1S/C21H23FN2O3/c1-27-20-9-7-17(19(25)8-4-15-2-5-16(22)6-3-15)21(26)18(20)14-24-12-10-23-11-13-24/h2-9,23,26H,10-14H2,1H3/b8-4+. The first-order chi connectivity index (χ1) is 13.1. The molecule has 6 heteroatoms. The third-order valence-corrected chi connectivity index (χ3v) is 4.61. The number of hydrogen-bond acceptors (Lipinski definition) is 5. The van der Waals surface area contributed by atoms with Crippen molar-refractivity contribution < 1.29 is 19.0 Å². The summed E-state index contributed by atoms with van der Waals surface area (Å²) in [5, 5.41) is 14.0. The molecule has 0 aliphatic carbocycles. The van der Waals surface area contributed by atoms with Crippen molar-refractivity contribution in [2.24, 2.45) is 0 Å². The van der Waals surface area contributed by atoms with E-state index >= 15 is 0 Å². The maximum absolute atomic E-state index is 13.0. The van der Waals surface area contributed by atoms with Gasteiger partial charge in [-0.15, -0.1) is 0 Å². The number of benzene rings is 2. The highest BCUT2D eigenvalue weighted by atomic mass is 19.1. The Morgan fingerprint density at radius 1 is 1.22 bits per heavy atom. The summed E-state index contributed by atoms with van der Waals surface area (Å²) < 4.78 is 18.3. The molecule has 0 radical (unpaired) electrons. The Morgan fingerprint density at radius 3 is 2.59 bits per heavy atom. The molecule has 0 atom stereocenters. The number of nitrogens with zero attached hydrogens (tertiary/aromatic N) is 1. The van der Waals surface area contributed by atoms with Gasteiger partial charge in [-0.25, -0.2) is 4.39 Å². The van der Waals surface area contributed by atoms with Gasteiger partial charge in [0.25, 0.3) is 0 Å². The van der Waals surface area contributed by atoms with Crippen LogP contribution < -0.4 is 10.1 Å². The van der Waals surface area contributed by atoms with E-state index in [2.05, 4.69) is 10.2 Å². The van der Waals surface area contributed by atoms with Gasteiger partial charge < -0.3 is 15.2 Å². The van der Waals surface area contributed by atoms with Gasteiger partial charge in [0.2, 0.25) is 0 Å². The maximum Gasteiger partial charge on any atom is 0.189 e. The van der Waals surface area contributed by atoms with Gasteiger partial charge in [-0.3, -0.25) is 9.69 Å². The Labute approximate surface area is 158 Å². The zero-order valence-electron chi connectivity index (χ0n) is 15.2. The van der Waals surface area contributed by atoms with E-state index in [1.54, 1.807) is 37.5 Å². The highest BCUT2D eigenvalue weighted by molar-refractivity contribution is 6.09. The number of nitrogens with one attached hydrogen (secondary N) is 1. The third-order valence-electron chi connectivity index (χ3n) is 4.61. The van der Waals surface area contributed by atoms with E-state index in [1.807, 2.05) is 0 Å². The van der Waals surface area contributed by atoms with Crippen molar-refractivity contribution in [2.75, 3.05) is 33.3 Å². The molecule has 0 unspecified atom stereocenters. The molecule has 142 valence electrons. The van der Waals surface area contributed by atoms with Crippen molar-refractivity contribution in [2.45, 2.75) is 6.54 Å². The van der Waals surface area contributed by atoms with E-state index in [0.29, 0.717) is 23.4 Å². The van der Waals surface area contributed by atoms with Gasteiger partial charge in [-0.05, 0) is 35.9 Å². The second-order valence-corrected chi connectivity index (χ2v) is 6.42. The summed E-state index contributed by atoms with van der Waals surface area (Å²) in [6.07, 6.45) is 2.98. The van der Waals surface area contributed by atoms with Crippen LogP contribution in [0.25, 0.3) is 6.08 Å². The Hall–Kier alpha value is -2.70. The molecule has 1 aliphatic heterocycles. The molecule has 5 nitrogen and oxygen atoms in total. The summed E-state index contributed by atoms with van der Waals surface area (Å²) in [6, 6.07) is 9.11. The van der Waals surface area contributed by atoms with Crippen LogP contribution in [0.2, 0.25) is 0 Å². The molecule has 1 aliphatic rings. The van der Waals surface area contributed by atoms with Crippen LogP contribution in [0, 0.1) is 5.82 Å². The number of carbonyl (C=O) groups excluding carboxylic acids is 1. The number of phenols is 1. The minimum atomic E-state index is -0.330. The quantitative estimate of drug-likeness (QED) is 0.605. The van der Waals surface area contributed by atoms with Crippen LogP contribution in [-0.4, -0.2) is 49.1 Å². The first-order valence-electron chi connectivity index (χ1n) is 8.88. The summed E-state index contributed by atoms with van der Waals surface area (Å²) in [6.45, 7) is 4.03. The van der Waals surface area contributed by atoms with Crippen LogP contribution in [-0.2, 0) is 6.54 Å². The number of piperazine rings is 1. The minimum absolute atomic E-state index is 0.0540. The van der Waals surface area contributed by atoms with E-state index < -0.39 is 0 Å². The summed E-state index contributed by atoms with van der Waals surface area (Å²) in [4.78, 5) is 14.8. The zero-order chi connectivity index (χ0) is 19.2. The van der Waals surface area contributed by atoms with Crippen LogP contribution in [0.4, 0.5) is 4.39 Å². The number of ether oxygens (including phenoxy) is 1. The summed E-state index contributed by atoms with van der Waals surface area (Å²) in [7, 11) is 1.55. The molecule has 1 heterocycles. The topological polar surface area (TPSA) is 61.8 Å². The van der Waals surface area contributed by atoms with Crippen molar-refractivity contribution >= 4 is 11.9 Å². The van der Waals surface area contributed by atoms with Crippen LogP contribution in [0.15, 0.2) is 42.5 Å². The number of carbonyl (C=O) groups is 1. The Balaban J connectivity index is 1.82. The van der Waals surface area contributed by atoms with E-state index in [-0.39, 0.29) is 22.9 Å². The Kier molecular flexibility index (Phi) is 6.21. The van der Waals surface area contributed by atoms with Gasteiger partial charge >= 0.3 is 0 Å². The number of methoxy groups -OCH3 is 1. The van der Waals surface area contributed by atoms with E-state index in [1.165, 1.54) is 18.2 Å². The number of ketones is 1. The van der Waals surface area contributed by atoms with Crippen LogP contribution in [0.5, 0.6) is 11.5 Å². The summed E-state index contributed by atoms with van der Waals surface area (Å²) in [5.74, 6) is -0.142. The van der Waals surface area contributed by atoms with Crippen molar-refractivity contribution in [1.82, 2.24) is 10.2 Å². The fraction of sp³-hybridized carbons (Fsp3) is 0.286. The lowest BCUT2D eigenvalue weighted by molar-refractivity contribution is 0.104. The number of rotatable bonds is 6. The largest absolute Gasteiger partial charge is 0.507 e. The molecule has 0 saturated carbocycles. The lowest BCUT2D eigenvalue weighted by Gasteiger charge is -2.28. The third kappa shape index (κ3) is 4.72. The summed E-state index contributed by atoms with van der Waals surface area (Å²) in [5.41, 5.74) is 1.54. The number of halogens is 1. The van der Waals surface area contributed by atoms with Gasteiger partial charge in [0, 0.05) is 32.7 Å². The predicted molar refractivity (Wildman–Crippen MR) is 103 cm³/mol. The normalized spacial score (nSPS) is 15.2. The molecular formula is C21H23FN2O3. The van der Waals surface area contributed by atoms with Gasteiger partial charge in [0.05, 0.1) is 18.2 Å². The molecule has 27 heavy (non-hydrogen) atoms. The van der Waals surface area contributed by atoms with Gasteiger partial charge in [0.15, 0.2) is 5.78 Å². The number of aromatic hydroxyl groups is 1. The molecule has 0 bridgehead atoms. The van der Waals surface area contributed by atoms with E-state index in [4.69, 9.17) is 4.74 Å². The Morgan fingerprint density at radius 2 is 1.93 bits per heavy atom. The van der Waals surface area contributed by atoms with Gasteiger partial charge in [-0.1, -0.05) is 18.2 Å². The minimum Gasteiger partial charge on any atom is -0.507 e. The number of allylic oxidation sites excluding steroid dienone is 1. The molecule has 3 rings (SSSR count). The van der Waals surface area contributed by atoms with Crippen LogP contribution in [0.3, 0.4) is 0 Å². The SMILES string of the molecule is COc1ccc(C(=O)/C=C/c2ccc(F)cc2)c(O)c1CN1CCNCC1. The Bertz CT molecular complexity index is 828. The zero-order valence-corrected chi connectivity index (χ0v) is 15.2. The highest BCUT2D eigenvalue weighted by Gasteiger charge is 2.20. The molecule has 0 spiro atoms. The highest BCUT2D eigenvalue weighted by Crippen LogP contribution is 2.33. The first kappa shape index (κ1) is 19.1. The second kappa shape index (κ2) is 8.79. The van der Waals surface area contributed by atoms with Crippen molar-refractivity contribution in [3.63, 3.8) is 0 Å². The first-order valence-corrected chi connectivity index (χ1v) is 8.88. The average Bonchev–Trinajstić information content (AvgIpc) is 2.69. The number of hydrogen-bond donors (Lipinski definition) is 2. The van der Waals surface area contributed by atoms with E-state index in [0.717, 1.165) is 26.2 Å². The van der Waals surface area contributed by atoms with Crippen LogP contribution in [0.1, 0.15) is 21.5 Å². The van der Waals surface area contributed by atoms with Gasteiger partial charge in [0.1, 0.15) is 17.3 Å². The molecule has 2 aromatic rings. The molecule has 2 aromatic carbocycles. The fourth-order valence-electron chi connectivity index (χ4n) is 3.09. The van der Waals surface area contributed by atoms with Crippen molar-refractivity contribution in [3.8, 4) is 11.5 Å². The predicted octanol–water partition coefficient (Wildman–Crippen LogP) is 2.84. The smallest absolute Gasteiger partial charge is 0.189 e. The molecule has 1 saturated heterocycles. The molecule has 0 amide bonds. The maximum atomic E-state index is 13.0. The van der Waals surface area contributed by atoms with E-state index in [9.17, 15) is 14.3 Å². The number of phenolic OH excluding ortho intramolecular Hbond substituents is 1. The molecule has 2 N–H and O–H groups in total. The second-order valence-electron chi connectivity index (χ2n) is 6.42. The average molecular weight is 370 g/mol. The summed E-state index contributed by atoms with van der Waals surface area (Å²) >= 11 is 0.